The number of carbonyl (C=O) groups is 2. The highest BCUT2D eigenvalue weighted by Gasteiger charge is 2.74. The fourth-order valence-electron chi connectivity index (χ4n) is 6.94. The topological polar surface area (TPSA) is 121 Å². The van der Waals surface area contributed by atoms with E-state index in [1.165, 1.54) is 0 Å². The second-order valence-electron chi connectivity index (χ2n) is 12.2. The second kappa shape index (κ2) is 7.82. The van der Waals surface area contributed by atoms with Gasteiger partial charge in [-0.1, -0.05) is 45.0 Å². The second-order valence-corrected chi connectivity index (χ2v) is 12.2. The normalized spacial score (nSPS) is 40.8. The van der Waals surface area contributed by atoms with Crippen molar-refractivity contribution in [2.75, 3.05) is 6.61 Å². The van der Waals surface area contributed by atoms with Crippen LogP contribution in [0.5, 0.6) is 0 Å². The lowest BCUT2D eigenvalue weighted by molar-refractivity contribution is -0.302. The fraction of sp³-hybridized carbons (Fsp3) is 0.704. The lowest BCUT2D eigenvalue weighted by Gasteiger charge is -2.52. The molecule has 1 saturated heterocycles. The van der Waals surface area contributed by atoms with Gasteiger partial charge < -0.3 is 19.3 Å². The van der Waals surface area contributed by atoms with Gasteiger partial charge in [-0.05, 0) is 67.7 Å². The maximum atomic E-state index is 14.7. The number of carbonyl (C=O) groups excluding carboxylic acids is 2. The third-order valence-electron chi connectivity index (χ3n) is 9.35. The molecule has 2 heterocycles. The Labute approximate surface area is 211 Å². The molecule has 0 amide bonds. The van der Waals surface area contributed by atoms with Gasteiger partial charge in [0.05, 0.1) is 12.0 Å². The Morgan fingerprint density at radius 3 is 2.47 bits per heavy atom. The molecule has 0 radical (unpaired) electrons. The van der Waals surface area contributed by atoms with E-state index in [0.29, 0.717) is 17.6 Å². The van der Waals surface area contributed by atoms with Crippen molar-refractivity contribution < 1.29 is 33.5 Å². The first-order chi connectivity index (χ1) is 16.7. The van der Waals surface area contributed by atoms with Gasteiger partial charge in [0.1, 0.15) is 11.8 Å². The van der Waals surface area contributed by atoms with Crippen molar-refractivity contribution in [1.29, 1.82) is 0 Å². The first-order valence-corrected chi connectivity index (χ1v) is 12.7. The van der Waals surface area contributed by atoms with Gasteiger partial charge in [-0.3, -0.25) is 4.79 Å². The minimum atomic E-state index is -1.89. The molecule has 0 aromatic carbocycles. The molecule has 0 unspecified atom stereocenters. The van der Waals surface area contributed by atoms with E-state index >= 15 is 0 Å². The number of Topliss-reactive ketones (excluding diaryl/α,β-unsaturated/α-hetero) is 1. The lowest BCUT2D eigenvalue weighted by atomic mass is 9.59. The Kier molecular flexibility index (Phi) is 5.50. The zero-order valence-corrected chi connectivity index (χ0v) is 22.2. The Morgan fingerprint density at radius 1 is 1.14 bits per heavy atom. The van der Waals surface area contributed by atoms with Crippen LogP contribution in [0, 0.1) is 35.5 Å². The number of ether oxygens (including phenoxy) is 3. The van der Waals surface area contributed by atoms with Gasteiger partial charge in [0.2, 0.25) is 5.69 Å². The Balaban J connectivity index is 1.73. The zero-order chi connectivity index (χ0) is 26.4. The van der Waals surface area contributed by atoms with Gasteiger partial charge in [-0.15, -0.1) is 0 Å². The summed E-state index contributed by atoms with van der Waals surface area (Å²) in [6, 6.07) is 0. The molecule has 7 atom stereocenters. The summed E-state index contributed by atoms with van der Waals surface area (Å²) in [5, 5.41) is 20.3. The van der Waals surface area contributed by atoms with Gasteiger partial charge in [-0.2, -0.15) is 0 Å². The molecule has 1 aromatic rings. The SMILES string of the molecule is CC1=C[C@]23C(=O)[C@@H](C=C4COC(C)(C)O[C@H]4[C@]2(O)[C@H]1OC(=O)c1nonc1C)C(C)(C)[C@@H](C)C[C@H]3C. The molecule has 9 nitrogen and oxygen atoms in total. The Hall–Kier alpha value is -2.36. The predicted octanol–water partition coefficient (Wildman–Crippen LogP) is 3.56. The molecule has 1 saturated carbocycles. The number of allylic oxidation sites excluding steroid dienone is 1. The van der Waals surface area contributed by atoms with E-state index in [2.05, 4.69) is 35.7 Å². The van der Waals surface area contributed by atoms with E-state index in [-0.39, 0.29) is 41.0 Å². The quantitative estimate of drug-likeness (QED) is 0.480. The van der Waals surface area contributed by atoms with Gasteiger partial charge in [0.25, 0.3) is 0 Å². The number of ketones is 1. The highest BCUT2D eigenvalue weighted by atomic mass is 16.7. The van der Waals surface area contributed by atoms with Crippen molar-refractivity contribution in [3.63, 3.8) is 0 Å². The molecule has 1 aromatic heterocycles. The number of hydrogen-bond acceptors (Lipinski definition) is 9. The van der Waals surface area contributed by atoms with Crippen LogP contribution in [0.2, 0.25) is 0 Å². The number of aromatic nitrogens is 2. The molecular weight excluding hydrogens is 464 g/mol. The van der Waals surface area contributed by atoms with Crippen LogP contribution >= 0.6 is 0 Å². The van der Waals surface area contributed by atoms with E-state index in [0.717, 1.165) is 0 Å². The molecule has 1 N–H and O–H groups in total. The van der Waals surface area contributed by atoms with Crippen molar-refractivity contribution in [3.8, 4) is 0 Å². The fourth-order valence-corrected chi connectivity index (χ4v) is 6.94. The third kappa shape index (κ3) is 3.18. The van der Waals surface area contributed by atoms with Crippen LogP contribution in [0.1, 0.15) is 71.1 Å². The van der Waals surface area contributed by atoms with Crippen molar-refractivity contribution in [2.24, 2.45) is 28.6 Å². The summed E-state index contributed by atoms with van der Waals surface area (Å²) < 4.78 is 23.1. The van der Waals surface area contributed by atoms with Crippen molar-refractivity contribution >= 4 is 11.8 Å². The first-order valence-electron chi connectivity index (χ1n) is 12.7. The van der Waals surface area contributed by atoms with E-state index in [1.807, 2.05) is 19.1 Å². The molecule has 196 valence electrons. The number of rotatable bonds is 2. The summed E-state index contributed by atoms with van der Waals surface area (Å²) >= 11 is 0. The van der Waals surface area contributed by atoms with Gasteiger partial charge in [0, 0.05) is 5.92 Å². The lowest BCUT2D eigenvalue weighted by Crippen LogP contribution is -2.68. The van der Waals surface area contributed by atoms with Gasteiger partial charge in [-0.25, -0.2) is 9.42 Å². The standard InChI is InChI=1S/C27H36N2O7/c1-13-11-26-15(3)9-14(2)24(5,6)18(20(26)30)10-17-12-33-25(7,8)35-22(17)27(26,32)21(13)34-23(31)19-16(4)28-36-29-19/h10-11,14-15,18,21-22,32H,9,12H2,1-8H3/t14-,15+,18+,21-,22+,26-,27+/m0/s1. The van der Waals surface area contributed by atoms with Gasteiger partial charge in [0.15, 0.2) is 23.3 Å². The van der Waals surface area contributed by atoms with Crippen LogP contribution in [0.3, 0.4) is 0 Å². The van der Waals surface area contributed by atoms with Crippen LogP contribution in [0.25, 0.3) is 0 Å². The summed E-state index contributed by atoms with van der Waals surface area (Å²) in [5.74, 6) is -2.40. The number of hydrogen-bond donors (Lipinski definition) is 1. The molecule has 1 spiro atoms. The van der Waals surface area contributed by atoms with Crippen molar-refractivity contribution in [1.82, 2.24) is 10.3 Å². The van der Waals surface area contributed by atoms with Crippen LogP contribution in [0.4, 0.5) is 0 Å². The van der Waals surface area contributed by atoms with Crippen LogP contribution < -0.4 is 0 Å². The Morgan fingerprint density at radius 2 is 1.83 bits per heavy atom. The first kappa shape index (κ1) is 25.3. The highest BCUT2D eigenvalue weighted by Crippen LogP contribution is 2.63. The molecular formula is C27H36N2O7. The molecule has 2 bridgehead atoms. The van der Waals surface area contributed by atoms with Crippen LogP contribution in [-0.4, -0.2) is 57.4 Å². The monoisotopic (exact) mass is 500 g/mol. The largest absolute Gasteiger partial charge is 0.450 e. The van der Waals surface area contributed by atoms with E-state index in [1.54, 1.807) is 27.7 Å². The molecule has 1 aliphatic heterocycles. The number of fused-ring (bicyclic) bond motifs is 3. The molecule has 36 heavy (non-hydrogen) atoms. The maximum Gasteiger partial charge on any atom is 0.363 e. The molecule has 3 aliphatic carbocycles. The average Bonchev–Trinajstić information content (AvgIpc) is 3.28. The van der Waals surface area contributed by atoms with Gasteiger partial charge >= 0.3 is 5.97 Å². The van der Waals surface area contributed by atoms with Crippen LogP contribution in [0.15, 0.2) is 27.9 Å². The van der Waals surface area contributed by atoms with E-state index in [4.69, 9.17) is 14.2 Å². The predicted molar refractivity (Wildman–Crippen MR) is 128 cm³/mol. The number of nitrogens with zero attached hydrogens (tertiary/aromatic N) is 2. The summed E-state index contributed by atoms with van der Waals surface area (Å²) in [6.07, 6.45) is 2.43. The average molecular weight is 501 g/mol. The van der Waals surface area contributed by atoms with Crippen LogP contribution in [-0.2, 0) is 19.0 Å². The van der Waals surface area contributed by atoms with Crippen molar-refractivity contribution in [2.45, 2.75) is 85.4 Å². The van der Waals surface area contributed by atoms with E-state index < -0.39 is 40.9 Å². The minimum absolute atomic E-state index is 0.0714. The number of aliphatic hydroxyl groups is 1. The third-order valence-corrected chi connectivity index (χ3v) is 9.35. The smallest absolute Gasteiger partial charge is 0.363 e. The van der Waals surface area contributed by atoms with Crippen molar-refractivity contribution in [3.05, 3.63) is 34.7 Å². The zero-order valence-electron chi connectivity index (χ0n) is 22.2. The Bertz CT molecular complexity index is 1180. The van der Waals surface area contributed by atoms with E-state index in [9.17, 15) is 14.7 Å². The summed E-state index contributed by atoms with van der Waals surface area (Å²) in [7, 11) is 0. The minimum Gasteiger partial charge on any atom is -0.450 e. The summed E-state index contributed by atoms with van der Waals surface area (Å²) in [5.41, 5.74) is -2.10. The number of aryl methyl sites for hydroxylation is 1. The molecule has 5 rings (SSSR count). The molecule has 4 aliphatic rings. The maximum absolute atomic E-state index is 14.7. The molecule has 2 fully saturated rings. The number of esters is 1. The summed E-state index contributed by atoms with van der Waals surface area (Å²) in [6.45, 7) is 15.5. The highest BCUT2D eigenvalue weighted by molar-refractivity contribution is 5.95. The molecule has 9 heteroatoms. The summed E-state index contributed by atoms with van der Waals surface area (Å²) in [4.78, 5) is 27.9.